The normalized spacial score (nSPS) is 13.1. The van der Waals surface area contributed by atoms with Gasteiger partial charge in [-0.15, -0.1) is 11.8 Å². The molecule has 2 amide bonds. The fraction of sp³-hybridized carbons (Fsp3) is 0.0769. The van der Waals surface area contributed by atoms with Crippen LogP contribution in [0.4, 0.5) is 0 Å². The molecule has 0 atom stereocenters. The summed E-state index contributed by atoms with van der Waals surface area (Å²) in [5, 5.41) is 2.48. The molecule has 5 rings (SSSR count). The Morgan fingerprint density at radius 3 is 2.07 bits per heavy atom. The van der Waals surface area contributed by atoms with E-state index in [2.05, 4.69) is 54.6 Å². The molecule has 0 saturated heterocycles. The van der Waals surface area contributed by atoms with Gasteiger partial charge in [0.15, 0.2) is 0 Å². The van der Waals surface area contributed by atoms with Crippen molar-refractivity contribution in [2.24, 2.45) is 0 Å². The first-order valence-corrected chi connectivity index (χ1v) is 10.8. The summed E-state index contributed by atoms with van der Waals surface area (Å²) in [4.78, 5) is 27.8. The summed E-state index contributed by atoms with van der Waals surface area (Å²) in [6.07, 6.45) is 0. The Balaban J connectivity index is 1.30. The van der Waals surface area contributed by atoms with Crippen LogP contribution in [0.5, 0.6) is 0 Å². The minimum atomic E-state index is -0.216. The third kappa shape index (κ3) is 3.51. The monoisotopic (exact) mass is 409 g/mol. The van der Waals surface area contributed by atoms with Gasteiger partial charge in [-0.05, 0) is 46.2 Å². The summed E-state index contributed by atoms with van der Waals surface area (Å²) in [6.45, 7) is 0.292. The molecule has 0 saturated carbocycles. The molecule has 3 nitrogen and oxygen atoms in total. The standard InChI is InChI=1S/C26H19NO2S/c28-25-23-10-3-4-11-24(23)26(29)27(25)16-18-6-5-7-19(14-18)17-30-22-13-12-20-8-1-2-9-21(20)15-22/h1-15H,16-17H2. The van der Waals surface area contributed by atoms with Gasteiger partial charge in [0.05, 0.1) is 17.7 Å². The van der Waals surface area contributed by atoms with Crippen molar-refractivity contribution >= 4 is 34.3 Å². The van der Waals surface area contributed by atoms with Crippen LogP contribution in [0, 0.1) is 0 Å². The highest BCUT2D eigenvalue weighted by molar-refractivity contribution is 7.98. The summed E-state index contributed by atoms with van der Waals surface area (Å²) < 4.78 is 0. The molecule has 0 radical (unpaired) electrons. The Morgan fingerprint density at radius 1 is 0.633 bits per heavy atom. The van der Waals surface area contributed by atoms with Crippen molar-refractivity contribution in [3.63, 3.8) is 0 Å². The number of amides is 2. The molecule has 0 aliphatic carbocycles. The second-order valence-corrected chi connectivity index (χ2v) is 8.41. The van der Waals surface area contributed by atoms with Crippen LogP contribution in [0.2, 0.25) is 0 Å². The van der Waals surface area contributed by atoms with E-state index in [9.17, 15) is 9.59 Å². The maximum atomic E-state index is 12.6. The predicted octanol–water partition coefficient (Wildman–Crippen LogP) is 5.93. The second-order valence-electron chi connectivity index (χ2n) is 7.36. The molecule has 30 heavy (non-hydrogen) atoms. The number of carbonyl (C=O) groups is 2. The van der Waals surface area contributed by atoms with Gasteiger partial charge in [-0.25, -0.2) is 0 Å². The summed E-state index contributed by atoms with van der Waals surface area (Å²) in [5.41, 5.74) is 3.11. The van der Waals surface area contributed by atoms with Gasteiger partial charge in [-0.3, -0.25) is 14.5 Å². The number of fused-ring (bicyclic) bond motifs is 2. The van der Waals surface area contributed by atoms with Crippen molar-refractivity contribution in [1.29, 1.82) is 0 Å². The molecule has 1 heterocycles. The second kappa shape index (κ2) is 7.81. The van der Waals surface area contributed by atoms with Gasteiger partial charge >= 0.3 is 0 Å². The average Bonchev–Trinajstić information content (AvgIpc) is 3.03. The number of thioether (sulfide) groups is 1. The maximum absolute atomic E-state index is 12.6. The molecule has 0 unspecified atom stereocenters. The topological polar surface area (TPSA) is 37.4 Å². The van der Waals surface area contributed by atoms with E-state index in [0.717, 1.165) is 11.3 Å². The van der Waals surface area contributed by atoms with Gasteiger partial charge in [-0.2, -0.15) is 0 Å². The first-order valence-electron chi connectivity index (χ1n) is 9.84. The SMILES string of the molecule is O=C1c2ccccc2C(=O)N1Cc1cccc(CSc2ccc3ccccc3c2)c1. The van der Waals surface area contributed by atoms with Crippen LogP contribution in [0.1, 0.15) is 31.8 Å². The van der Waals surface area contributed by atoms with E-state index in [4.69, 9.17) is 0 Å². The van der Waals surface area contributed by atoms with Crippen molar-refractivity contribution in [1.82, 2.24) is 4.90 Å². The highest BCUT2D eigenvalue weighted by Crippen LogP contribution is 2.28. The average molecular weight is 410 g/mol. The van der Waals surface area contributed by atoms with Crippen molar-refractivity contribution in [2.45, 2.75) is 17.2 Å². The van der Waals surface area contributed by atoms with Gasteiger partial charge in [-0.1, -0.05) is 66.7 Å². The number of imide groups is 1. The van der Waals surface area contributed by atoms with Crippen LogP contribution in [-0.4, -0.2) is 16.7 Å². The third-order valence-corrected chi connectivity index (χ3v) is 6.40. The molecule has 0 spiro atoms. The van der Waals surface area contributed by atoms with Crippen molar-refractivity contribution in [3.05, 3.63) is 113 Å². The number of carbonyl (C=O) groups excluding carboxylic acids is 2. The van der Waals surface area contributed by atoms with Gasteiger partial charge in [0, 0.05) is 10.6 Å². The minimum Gasteiger partial charge on any atom is -0.270 e. The number of rotatable bonds is 5. The zero-order valence-electron chi connectivity index (χ0n) is 16.2. The van der Waals surface area contributed by atoms with Crippen LogP contribution in [-0.2, 0) is 12.3 Å². The molecule has 0 fully saturated rings. The van der Waals surface area contributed by atoms with E-state index < -0.39 is 0 Å². The molecular weight excluding hydrogens is 390 g/mol. The summed E-state index contributed by atoms with van der Waals surface area (Å²) in [7, 11) is 0. The Bertz CT molecular complexity index is 1250. The molecule has 0 aromatic heterocycles. The lowest BCUT2D eigenvalue weighted by molar-refractivity contribution is 0.0642. The number of hydrogen-bond acceptors (Lipinski definition) is 3. The molecule has 4 heteroatoms. The zero-order chi connectivity index (χ0) is 20.5. The largest absolute Gasteiger partial charge is 0.270 e. The van der Waals surface area contributed by atoms with Crippen molar-refractivity contribution < 1.29 is 9.59 Å². The van der Waals surface area contributed by atoms with Crippen molar-refractivity contribution in [2.75, 3.05) is 0 Å². The van der Waals surface area contributed by atoms with E-state index in [1.54, 1.807) is 36.0 Å². The zero-order valence-corrected chi connectivity index (χ0v) is 17.1. The van der Waals surface area contributed by atoms with E-state index >= 15 is 0 Å². The number of nitrogens with zero attached hydrogens (tertiary/aromatic N) is 1. The lowest BCUT2D eigenvalue weighted by atomic mass is 10.1. The number of hydrogen-bond donors (Lipinski definition) is 0. The molecule has 1 aliphatic rings. The van der Waals surface area contributed by atoms with E-state index in [1.807, 2.05) is 12.1 Å². The van der Waals surface area contributed by atoms with Gasteiger partial charge in [0.25, 0.3) is 11.8 Å². The number of benzene rings is 4. The highest BCUT2D eigenvalue weighted by atomic mass is 32.2. The lowest BCUT2D eigenvalue weighted by Crippen LogP contribution is -2.29. The lowest BCUT2D eigenvalue weighted by Gasteiger charge is -2.14. The molecule has 0 N–H and O–H groups in total. The third-order valence-electron chi connectivity index (χ3n) is 5.34. The van der Waals surface area contributed by atoms with Crippen LogP contribution in [0.3, 0.4) is 0 Å². The summed E-state index contributed by atoms with van der Waals surface area (Å²) >= 11 is 1.78. The minimum absolute atomic E-state index is 0.216. The van der Waals surface area contributed by atoms with Gasteiger partial charge < -0.3 is 0 Å². The first kappa shape index (κ1) is 18.6. The van der Waals surface area contributed by atoms with Crippen molar-refractivity contribution in [3.8, 4) is 0 Å². The molecule has 146 valence electrons. The van der Waals surface area contributed by atoms with Crippen LogP contribution in [0.25, 0.3) is 10.8 Å². The summed E-state index contributed by atoms with van der Waals surface area (Å²) in [5.74, 6) is 0.395. The van der Waals surface area contributed by atoms with E-state index in [-0.39, 0.29) is 11.8 Å². The fourth-order valence-corrected chi connectivity index (χ4v) is 4.69. The highest BCUT2D eigenvalue weighted by Gasteiger charge is 2.34. The van der Waals surface area contributed by atoms with E-state index in [0.29, 0.717) is 17.7 Å². The van der Waals surface area contributed by atoms with Crippen LogP contribution >= 0.6 is 11.8 Å². The Kier molecular flexibility index (Phi) is 4.85. The Morgan fingerprint density at radius 2 is 1.30 bits per heavy atom. The predicted molar refractivity (Wildman–Crippen MR) is 121 cm³/mol. The molecule has 4 aromatic carbocycles. The molecule has 0 bridgehead atoms. The summed E-state index contributed by atoms with van der Waals surface area (Å²) in [6, 6.07) is 30.0. The Labute approximate surface area is 179 Å². The quantitative estimate of drug-likeness (QED) is 0.303. The maximum Gasteiger partial charge on any atom is 0.261 e. The first-order chi connectivity index (χ1) is 14.7. The van der Waals surface area contributed by atoms with Gasteiger partial charge in [0.2, 0.25) is 0 Å². The molecule has 4 aromatic rings. The smallest absolute Gasteiger partial charge is 0.261 e. The van der Waals surface area contributed by atoms with E-state index in [1.165, 1.54) is 26.1 Å². The Hall–Kier alpha value is -3.37. The van der Waals surface area contributed by atoms with Crippen LogP contribution < -0.4 is 0 Å². The fourth-order valence-electron chi connectivity index (χ4n) is 3.81. The van der Waals surface area contributed by atoms with Crippen LogP contribution in [0.15, 0.2) is 95.9 Å². The molecular formula is C26H19NO2S. The molecule has 1 aliphatic heterocycles. The van der Waals surface area contributed by atoms with Gasteiger partial charge in [0.1, 0.15) is 0 Å².